The van der Waals surface area contributed by atoms with Gasteiger partial charge >= 0.3 is 0 Å². The Morgan fingerprint density at radius 2 is 2.22 bits per heavy atom. The molecule has 6 heteroatoms. The molecule has 0 saturated carbocycles. The maximum atomic E-state index is 12.8. The molecule has 0 spiro atoms. The second-order valence-corrected chi connectivity index (χ2v) is 6.79. The van der Waals surface area contributed by atoms with E-state index < -0.39 is 6.04 Å². The average molecular weight is 336 g/mol. The fourth-order valence-electron chi connectivity index (χ4n) is 2.42. The molecule has 1 aliphatic heterocycles. The summed E-state index contributed by atoms with van der Waals surface area (Å²) in [6, 6.07) is 5.10. The standard InChI is InChI=1S/C17H24N2O3S/c1-5-12(3)18-16(20)14-9-23-10-19(14)17(21)13-7-6-11(2)15(8-13)22-4/h6-8,12,14H,5,9-10H2,1-4H3,(H,18,20). The van der Waals surface area contributed by atoms with E-state index in [9.17, 15) is 9.59 Å². The number of hydrogen-bond acceptors (Lipinski definition) is 4. The van der Waals surface area contributed by atoms with Crippen LogP contribution in [0.25, 0.3) is 0 Å². The zero-order chi connectivity index (χ0) is 17.0. The number of amides is 2. The van der Waals surface area contributed by atoms with E-state index in [0.717, 1.165) is 12.0 Å². The second kappa shape index (κ2) is 7.73. The molecule has 0 aliphatic carbocycles. The van der Waals surface area contributed by atoms with Gasteiger partial charge in [-0.05, 0) is 38.0 Å². The molecule has 2 amide bonds. The fourth-order valence-corrected chi connectivity index (χ4v) is 3.57. The number of nitrogens with one attached hydrogen (secondary N) is 1. The molecule has 5 nitrogen and oxygen atoms in total. The van der Waals surface area contributed by atoms with Crippen molar-refractivity contribution in [2.45, 2.75) is 39.3 Å². The van der Waals surface area contributed by atoms with Crippen LogP contribution in [0.2, 0.25) is 0 Å². The number of ether oxygens (including phenoxy) is 1. The smallest absolute Gasteiger partial charge is 0.255 e. The lowest BCUT2D eigenvalue weighted by atomic mass is 10.1. The maximum absolute atomic E-state index is 12.8. The Kier molecular flexibility index (Phi) is 5.93. The lowest BCUT2D eigenvalue weighted by Gasteiger charge is -2.24. The third-order valence-corrected chi connectivity index (χ3v) is 5.11. The third kappa shape index (κ3) is 3.99. The van der Waals surface area contributed by atoms with Gasteiger partial charge in [0.2, 0.25) is 5.91 Å². The lowest BCUT2D eigenvalue weighted by molar-refractivity contribution is -0.125. The Morgan fingerprint density at radius 1 is 1.48 bits per heavy atom. The lowest BCUT2D eigenvalue weighted by Crippen LogP contribution is -2.49. The molecule has 1 N–H and O–H groups in total. The van der Waals surface area contributed by atoms with Crippen molar-refractivity contribution in [2.75, 3.05) is 18.7 Å². The van der Waals surface area contributed by atoms with Crippen molar-refractivity contribution in [3.63, 3.8) is 0 Å². The fraction of sp³-hybridized carbons (Fsp3) is 0.529. The van der Waals surface area contributed by atoms with Crippen molar-refractivity contribution in [1.29, 1.82) is 0 Å². The first-order valence-corrected chi connectivity index (χ1v) is 8.97. The molecule has 1 heterocycles. The summed E-state index contributed by atoms with van der Waals surface area (Å²) in [5, 5.41) is 2.97. The first-order chi connectivity index (χ1) is 11.0. The molecule has 126 valence electrons. The van der Waals surface area contributed by atoms with E-state index in [0.29, 0.717) is 22.9 Å². The van der Waals surface area contributed by atoms with Crippen LogP contribution in [0.3, 0.4) is 0 Å². The summed E-state index contributed by atoms with van der Waals surface area (Å²) in [6.45, 7) is 5.92. The van der Waals surface area contributed by atoms with Crippen LogP contribution in [0.15, 0.2) is 18.2 Å². The van der Waals surface area contributed by atoms with Gasteiger partial charge < -0.3 is 15.0 Å². The molecule has 0 aromatic heterocycles. The number of carbonyl (C=O) groups excluding carboxylic acids is 2. The van der Waals surface area contributed by atoms with Gasteiger partial charge in [0.05, 0.1) is 13.0 Å². The van der Waals surface area contributed by atoms with E-state index in [1.165, 1.54) is 0 Å². The highest BCUT2D eigenvalue weighted by Crippen LogP contribution is 2.26. The van der Waals surface area contributed by atoms with Gasteiger partial charge in [0, 0.05) is 17.4 Å². The normalized spacial score (nSPS) is 18.6. The molecular weight excluding hydrogens is 312 g/mol. The highest BCUT2D eigenvalue weighted by Gasteiger charge is 2.35. The number of aryl methyl sites for hydroxylation is 1. The van der Waals surface area contributed by atoms with E-state index in [2.05, 4.69) is 5.32 Å². The summed E-state index contributed by atoms with van der Waals surface area (Å²) in [7, 11) is 1.59. The van der Waals surface area contributed by atoms with Crippen LogP contribution in [-0.2, 0) is 4.79 Å². The minimum atomic E-state index is -0.409. The summed E-state index contributed by atoms with van der Waals surface area (Å²) >= 11 is 1.60. The SMILES string of the molecule is CCC(C)NC(=O)C1CSCN1C(=O)c1ccc(C)c(OC)c1. The Bertz CT molecular complexity index is 591. The molecule has 1 aromatic carbocycles. The molecule has 1 fully saturated rings. The quantitative estimate of drug-likeness (QED) is 0.897. The zero-order valence-electron chi connectivity index (χ0n) is 14.1. The summed E-state index contributed by atoms with van der Waals surface area (Å²) < 4.78 is 5.28. The van der Waals surface area contributed by atoms with E-state index in [1.54, 1.807) is 35.9 Å². The minimum absolute atomic E-state index is 0.0724. The number of thioether (sulfide) groups is 1. The second-order valence-electron chi connectivity index (χ2n) is 5.79. The van der Waals surface area contributed by atoms with Crippen LogP contribution in [0.4, 0.5) is 0 Å². The Balaban J connectivity index is 2.16. The molecule has 1 aromatic rings. The van der Waals surface area contributed by atoms with Gasteiger partial charge in [-0.25, -0.2) is 0 Å². The van der Waals surface area contributed by atoms with Crippen LogP contribution < -0.4 is 10.1 Å². The molecule has 2 unspecified atom stereocenters. The summed E-state index contributed by atoms with van der Waals surface area (Å²) in [4.78, 5) is 26.8. The number of nitrogens with zero attached hydrogens (tertiary/aromatic N) is 1. The van der Waals surface area contributed by atoms with Crippen molar-refractivity contribution >= 4 is 23.6 Å². The van der Waals surface area contributed by atoms with Crippen LogP contribution in [0.5, 0.6) is 5.75 Å². The molecule has 23 heavy (non-hydrogen) atoms. The van der Waals surface area contributed by atoms with Crippen LogP contribution >= 0.6 is 11.8 Å². The summed E-state index contributed by atoms with van der Waals surface area (Å²) in [6.07, 6.45) is 0.870. The van der Waals surface area contributed by atoms with E-state index in [4.69, 9.17) is 4.74 Å². The Hall–Kier alpha value is -1.69. The van der Waals surface area contributed by atoms with Gasteiger partial charge in [0.1, 0.15) is 11.8 Å². The van der Waals surface area contributed by atoms with Gasteiger partial charge in [-0.3, -0.25) is 9.59 Å². The number of carbonyl (C=O) groups is 2. The number of hydrogen-bond donors (Lipinski definition) is 1. The van der Waals surface area contributed by atoms with Crippen molar-refractivity contribution in [1.82, 2.24) is 10.2 Å². The van der Waals surface area contributed by atoms with Gasteiger partial charge in [-0.1, -0.05) is 13.0 Å². The van der Waals surface area contributed by atoms with E-state index in [-0.39, 0.29) is 17.9 Å². The predicted octanol–water partition coefficient (Wildman–Crippen LogP) is 2.43. The van der Waals surface area contributed by atoms with Crippen molar-refractivity contribution in [3.05, 3.63) is 29.3 Å². The van der Waals surface area contributed by atoms with Crippen molar-refractivity contribution < 1.29 is 14.3 Å². The topological polar surface area (TPSA) is 58.6 Å². The molecule has 2 atom stereocenters. The van der Waals surface area contributed by atoms with Crippen LogP contribution in [0.1, 0.15) is 36.2 Å². The van der Waals surface area contributed by atoms with Gasteiger partial charge in [0.25, 0.3) is 5.91 Å². The number of rotatable bonds is 5. The van der Waals surface area contributed by atoms with E-state index >= 15 is 0 Å². The van der Waals surface area contributed by atoms with Crippen LogP contribution in [0, 0.1) is 6.92 Å². The minimum Gasteiger partial charge on any atom is -0.496 e. The van der Waals surface area contributed by atoms with Crippen LogP contribution in [-0.4, -0.2) is 47.5 Å². The molecule has 1 saturated heterocycles. The first-order valence-electron chi connectivity index (χ1n) is 7.81. The third-order valence-electron chi connectivity index (χ3n) is 4.10. The van der Waals surface area contributed by atoms with Crippen molar-refractivity contribution in [2.24, 2.45) is 0 Å². The Labute approximate surface area is 141 Å². The first kappa shape index (κ1) is 17.7. The predicted molar refractivity (Wildman–Crippen MR) is 92.9 cm³/mol. The van der Waals surface area contributed by atoms with Gasteiger partial charge in [-0.2, -0.15) is 0 Å². The molecule has 0 radical (unpaired) electrons. The zero-order valence-corrected chi connectivity index (χ0v) is 14.9. The maximum Gasteiger partial charge on any atom is 0.255 e. The highest BCUT2D eigenvalue weighted by atomic mass is 32.2. The average Bonchev–Trinajstić information content (AvgIpc) is 3.04. The Morgan fingerprint density at radius 3 is 2.87 bits per heavy atom. The molecule has 2 rings (SSSR count). The number of benzene rings is 1. The summed E-state index contributed by atoms with van der Waals surface area (Å²) in [5.74, 6) is 1.66. The molecular formula is C17H24N2O3S. The highest BCUT2D eigenvalue weighted by molar-refractivity contribution is 7.99. The largest absolute Gasteiger partial charge is 0.496 e. The summed E-state index contributed by atoms with van der Waals surface area (Å²) in [5.41, 5.74) is 1.53. The molecule has 0 bridgehead atoms. The van der Waals surface area contributed by atoms with E-state index in [1.807, 2.05) is 26.8 Å². The number of methoxy groups -OCH3 is 1. The van der Waals surface area contributed by atoms with Gasteiger partial charge in [0.15, 0.2) is 0 Å². The molecule has 1 aliphatic rings. The van der Waals surface area contributed by atoms with Gasteiger partial charge in [-0.15, -0.1) is 11.8 Å². The monoisotopic (exact) mass is 336 g/mol. The van der Waals surface area contributed by atoms with Crippen molar-refractivity contribution in [3.8, 4) is 5.75 Å².